The van der Waals surface area contributed by atoms with E-state index < -0.39 is 0 Å². The predicted molar refractivity (Wildman–Crippen MR) is 61.3 cm³/mol. The van der Waals surface area contributed by atoms with Crippen molar-refractivity contribution in [1.29, 1.82) is 0 Å². The summed E-state index contributed by atoms with van der Waals surface area (Å²) in [6.07, 6.45) is 5.04. The van der Waals surface area contributed by atoms with E-state index in [2.05, 4.69) is 31.1 Å². The molecule has 1 fully saturated rings. The Kier molecular flexibility index (Phi) is 3.78. The highest BCUT2D eigenvalue weighted by Crippen LogP contribution is 2.28. The molecule has 1 aliphatic carbocycles. The van der Waals surface area contributed by atoms with Crippen LogP contribution in [-0.4, -0.2) is 18.0 Å². The summed E-state index contributed by atoms with van der Waals surface area (Å²) in [5, 5.41) is 3.34. The first-order chi connectivity index (χ1) is 6.52. The molecule has 3 N–H and O–H groups in total. The molecule has 0 aromatic carbocycles. The summed E-state index contributed by atoms with van der Waals surface area (Å²) in [5.41, 5.74) is 6.02. The van der Waals surface area contributed by atoms with Crippen LogP contribution in [0.25, 0.3) is 0 Å². The van der Waals surface area contributed by atoms with E-state index in [1.165, 1.54) is 25.7 Å². The van der Waals surface area contributed by atoms with Gasteiger partial charge >= 0.3 is 0 Å². The van der Waals surface area contributed by atoms with E-state index in [1.54, 1.807) is 0 Å². The first kappa shape index (κ1) is 11.3. The summed E-state index contributed by atoms with van der Waals surface area (Å²) in [6, 6.07) is 0. The fourth-order valence-electron chi connectivity index (χ4n) is 1.91. The Hall–Kier alpha value is -0.730. The second-order valence-corrected chi connectivity index (χ2v) is 5.01. The van der Waals surface area contributed by atoms with Gasteiger partial charge < -0.3 is 11.1 Å². The van der Waals surface area contributed by atoms with Gasteiger partial charge in [-0.25, -0.2) is 0 Å². The maximum absolute atomic E-state index is 5.83. The van der Waals surface area contributed by atoms with Crippen LogP contribution in [0.15, 0.2) is 4.99 Å². The van der Waals surface area contributed by atoms with Crippen LogP contribution in [0.3, 0.4) is 0 Å². The van der Waals surface area contributed by atoms with E-state index in [1.807, 2.05) is 0 Å². The monoisotopic (exact) mass is 197 g/mol. The molecule has 0 unspecified atom stereocenters. The van der Waals surface area contributed by atoms with Gasteiger partial charge in [-0.2, -0.15) is 0 Å². The van der Waals surface area contributed by atoms with E-state index in [-0.39, 0.29) is 5.54 Å². The van der Waals surface area contributed by atoms with Crippen LogP contribution in [0, 0.1) is 5.92 Å². The number of nitrogens with one attached hydrogen (secondary N) is 1. The zero-order chi connectivity index (χ0) is 10.6. The minimum Gasteiger partial charge on any atom is -0.370 e. The van der Waals surface area contributed by atoms with Gasteiger partial charge in [0, 0.05) is 12.1 Å². The van der Waals surface area contributed by atoms with Gasteiger partial charge in [0.2, 0.25) is 0 Å². The minimum atomic E-state index is 0.199. The molecule has 1 rings (SSSR count). The molecule has 0 amide bonds. The maximum atomic E-state index is 5.83. The van der Waals surface area contributed by atoms with Gasteiger partial charge in [0.1, 0.15) is 0 Å². The van der Waals surface area contributed by atoms with Crippen molar-refractivity contribution >= 4 is 5.96 Å². The number of nitrogens with two attached hydrogens (primary N) is 1. The number of hydrogen-bond donors (Lipinski definition) is 2. The molecule has 0 bridgehead atoms. The fourth-order valence-corrected chi connectivity index (χ4v) is 1.91. The Labute approximate surface area is 87.2 Å². The van der Waals surface area contributed by atoms with Crippen LogP contribution in [0.5, 0.6) is 0 Å². The average molecular weight is 197 g/mol. The third-order valence-electron chi connectivity index (χ3n) is 2.76. The smallest absolute Gasteiger partial charge is 0.189 e. The molecule has 3 nitrogen and oxygen atoms in total. The lowest BCUT2D eigenvalue weighted by Gasteiger charge is -2.25. The first-order valence-electron chi connectivity index (χ1n) is 5.60. The van der Waals surface area contributed by atoms with Crippen molar-refractivity contribution in [3.05, 3.63) is 0 Å². The van der Waals surface area contributed by atoms with Crippen molar-refractivity contribution in [2.75, 3.05) is 6.54 Å². The summed E-state index contributed by atoms with van der Waals surface area (Å²) >= 11 is 0. The van der Waals surface area contributed by atoms with Crippen molar-refractivity contribution in [1.82, 2.24) is 5.32 Å². The molecular weight excluding hydrogens is 174 g/mol. The van der Waals surface area contributed by atoms with Crippen molar-refractivity contribution in [3.63, 3.8) is 0 Å². The molecule has 0 aromatic rings. The Morgan fingerprint density at radius 3 is 2.50 bits per heavy atom. The molecule has 0 spiro atoms. The highest BCUT2D eigenvalue weighted by molar-refractivity contribution is 5.78. The topological polar surface area (TPSA) is 50.4 Å². The van der Waals surface area contributed by atoms with Gasteiger partial charge in [-0.15, -0.1) is 0 Å². The molecule has 0 atom stereocenters. The Balaban J connectivity index is 2.38. The average Bonchev–Trinajstić information content (AvgIpc) is 2.48. The molecule has 3 heteroatoms. The maximum Gasteiger partial charge on any atom is 0.189 e. The largest absolute Gasteiger partial charge is 0.370 e. The first-order valence-corrected chi connectivity index (χ1v) is 5.60. The molecule has 0 heterocycles. The molecule has 0 saturated heterocycles. The highest BCUT2D eigenvalue weighted by Gasteiger charge is 2.28. The van der Waals surface area contributed by atoms with Crippen molar-refractivity contribution < 1.29 is 0 Å². The van der Waals surface area contributed by atoms with Gasteiger partial charge in [0.05, 0.1) is 0 Å². The predicted octanol–water partition coefficient (Wildman–Crippen LogP) is 1.88. The lowest BCUT2D eigenvalue weighted by Crippen LogP contribution is -2.47. The van der Waals surface area contributed by atoms with Crippen LogP contribution in [0.1, 0.15) is 46.5 Å². The summed E-state index contributed by atoms with van der Waals surface area (Å²) in [6.45, 7) is 7.34. The van der Waals surface area contributed by atoms with E-state index in [0.29, 0.717) is 11.9 Å². The molecule has 1 aliphatic rings. The Bertz CT molecular complexity index is 203. The zero-order valence-electron chi connectivity index (χ0n) is 9.64. The fraction of sp³-hybridized carbons (Fsp3) is 0.909. The van der Waals surface area contributed by atoms with E-state index in [4.69, 9.17) is 5.73 Å². The second kappa shape index (κ2) is 4.67. The van der Waals surface area contributed by atoms with Gasteiger partial charge in [0.15, 0.2) is 5.96 Å². The lowest BCUT2D eigenvalue weighted by molar-refractivity contribution is 0.429. The molecule has 1 saturated carbocycles. The molecule has 0 radical (unpaired) electrons. The van der Waals surface area contributed by atoms with Gasteiger partial charge in [-0.3, -0.25) is 4.99 Å². The standard InChI is InChI=1S/C11H23N3/c1-9(2)8-13-10(12)14-11(3)6-4-5-7-11/h9H,4-8H2,1-3H3,(H3,12,13,14). The van der Waals surface area contributed by atoms with Crippen LogP contribution in [0.2, 0.25) is 0 Å². The third-order valence-corrected chi connectivity index (χ3v) is 2.76. The molecular formula is C11H23N3. The van der Waals surface area contributed by atoms with E-state index in [0.717, 1.165) is 6.54 Å². The number of hydrogen-bond acceptors (Lipinski definition) is 1. The Morgan fingerprint density at radius 2 is 2.00 bits per heavy atom. The van der Waals surface area contributed by atoms with E-state index in [9.17, 15) is 0 Å². The van der Waals surface area contributed by atoms with Crippen molar-refractivity contribution in [3.8, 4) is 0 Å². The quantitative estimate of drug-likeness (QED) is 0.536. The second-order valence-electron chi connectivity index (χ2n) is 5.01. The highest BCUT2D eigenvalue weighted by atomic mass is 15.1. The summed E-state index contributed by atoms with van der Waals surface area (Å²) in [4.78, 5) is 4.32. The Morgan fingerprint density at radius 1 is 1.43 bits per heavy atom. The number of aliphatic imine (C=N–C) groups is 1. The number of guanidine groups is 1. The normalized spacial score (nSPS) is 21.6. The van der Waals surface area contributed by atoms with Crippen molar-refractivity contribution in [2.45, 2.75) is 52.0 Å². The van der Waals surface area contributed by atoms with Gasteiger partial charge in [-0.1, -0.05) is 26.7 Å². The van der Waals surface area contributed by atoms with E-state index >= 15 is 0 Å². The molecule has 0 aromatic heterocycles. The molecule has 82 valence electrons. The van der Waals surface area contributed by atoms with Crippen LogP contribution >= 0.6 is 0 Å². The number of nitrogens with zero attached hydrogens (tertiary/aromatic N) is 1. The summed E-state index contributed by atoms with van der Waals surface area (Å²) < 4.78 is 0. The number of rotatable bonds is 3. The zero-order valence-corrected chi connectivity index (χ0v) is 9.64. The molecule has 14 heavy (non-hydrogen) atoms. The summed E-state index contributed by atoms with van der Waals surface area (Å²) in [7, 11) is 0. The van der Waals surface area contributed by atoms with Crippen LogP contribution < -0.4 is 11.1 Å². The summed E-state index contributed by atoms with van der Waals surface area (Å²) in [5.74, 6) is 1.19. The van der Waals surface area contributed by atoms with Crippen molar-refractivity contribution in [2.24, 2.45) is 16.6 Å². The van der Waals surface area contributed by atoms with Gasteiger partial charge in [-0.05, 0) is 25.7 Å². The van der Waals surface area contributed by atoms with Crippen LogP contribution in [-0.2, 0) is 0 Å². The van der Waals surface area contributed by atoms with Crippen LogP contribution in [0.4, 0.5) is 0 Å². The third kappa shape index (κ3) is 3.56. The lowest BCUT2D eigenvalue weighted by atomic mass is 10.0. The van der Waals surface area contributed by atoms with Gasteiger partial charge in [0.25, 0.3) is 0 Å². The minimum absolute atomic E-state index is 0.199. The SMILES string of the molecule is CC(C)CN=C(N)NC1(C)CCCC1. The molecule has 0 aliphatic heterocycles.